The van der Waals surface area contributed by atoms with E-state index in [1.165, 1.54) is 53.2 Å². The molecule has 0 bridgehead atoms. The highest BCUT2D eigenvalue weighted by Crippen LogP contribution is 2.49. The Morgan fingerprint density at radius 2 is 1.63 bits per heavy atom. The molecule has 0 radical (unpaired) electrons. The topological polar surface area (TPSA) is 46.5 Å². The molecule has 162 valence electrons. The van der Waals surface area contributed by atoms with Crippen LogP contribution in [0.1, 0.15) is 89.8 Å². The van der Waals surface area contributed by atoms with Gasteiger partial charge in [0.05, 0.1) is 7.11 Å². The number of carbonyl (C=O) groups is 1. The minimum atomic E-state index is -0.906. The van der Waals surface area contributed by atoms with Crippen molar-refractivity contribution in [3.8, 4) is 5.75 Å². The molecule has 1 N–H and O–H groups in total. The molecular weight excluding hydrogens is 372 g/mol. The molecule has 1 aromatic rings. The van der Waals surface area contributed by atoms with Crippen LogP contribution in [0.2, 0.25) is 0 Å². The fourth-order valence-corrected chi connectivity index (χ4v) is 4.89. The number of fused-ring (bicyclic) bond motifs is 1. The molecule has 3 heteroatoms. The Balaban J connectivity index is 2.16. The Labute approximate surface area is 181 Å². The first-order chi connectivity index (χ1) is 14.0. The lowest BCUT2D eigenvalue weighted by Gasteiger charge is -2.42. The third kappa shape index (κ3) is 4.55. The molecule has 0 aliphatic heterocycles. The largest absolute Gasteiger partial charge is 0.496 e. The van der Waals surface area contributed by atoms with Gasteiger partial charge in [-0.1, -0.05) is 39.8 Å². The second kappa shape index (κ2) is 8.45. The fourth-order valence-electron chi connectivity index (χ4n) is 4.89. The van der Waals surface area contributed by atoms with Gasteiger partial charge in [-0.25, -0.2) is 4.79 Å². The average Bonchev–Trinajstić information content (AvgIpc) is 2.69. The van der Waals surface area contributed by atoms with Gasteiger partial charge < -0.3 is 9.84 Å². The molecule has 0 heterocycles. The number of ether oxygens (including phenoxy) is 1. The van der Waals surface area contributed by atoms with E-state index in [1.54, 1.807) is 7.11 Å². The number of allylic oxidation sites excluding steroid dienone is 5. The van der Waals surface area contributed by atoms with Crippen molar-refractivity contribution < 1.29 is 14.6 Å². The van der Waals surface area contributed by atoms with Gasteiger partial charge in [-0.2, -0.15) is 0 Å². The van der Waals surface area contributed by atoms with Crippen molar-refractivity contribution in [1.29, 1.82) is 0 Å². The molecule has 0 saturated heterocycles. The maximum absolute atomic E-state index is 10.9. The van der Waals surface area contributed by atoms with Crippen molar-refractivity contribution in [3.05, 3.63) is 58.2 Å². The number of benzene rings is 1. The maximum Gasteiger partial charge on any atom is 0.328 e. The second-order valence-electron chi connectivity index (χ2n) is 10.1. The summed E-state index contributed by atoms with van der Waals surface area (Å²) in [7, 11) is 1.77. The van der Waals surface area contributed by atoms with Crippen LogP contribution in [0.3, 0.4) is 0 Å². The van der Waals surface area contributed by atoms with E-state index in [0.29, 0.717) is 0 Å². The van der Waals surface area contributed by atoms with Crippen LogP contribution in [0.25, 0.3) is 5.57 Å². The van der Waals surface area contributed by atoms with Gasteiger partial charge in [0.2, 0.25) is 0 Å². The van der Waals surface area contributed by atoms with Crippen LogP contribution in [0.4, 0.5) is 0 Å². The molecule has 30 heavy (non-hydrogen) atoms. The first kappa shape index (κ1) is 22.4. The van der Waals surface area contributed by atoms with Crippen molar-refractivity contribution in [2.75, 3.05) is 7.11 Å². The molecule has 2 aliphatic rings. The van der Waals surface area contributed by atoms with E-state index in [-0.39, 0.29) is 10.8 Å². The summed E-state index contributed by atoms with van der Waals surface area (Å²) in [6.45, 7) is 11.2. The molecule has 0 fully saturated rings. The van der Waals surface area contributed by atoms with Crippen LogP contribution in [0.5, 0.6) is 5.75 Å². The highest BCUT2D eigenvalue weighted by molar-refractivity contribution is 5.81. The summed E-state index contributed by atoms with van der Waals surface area (Å²) in [5, 5.41) is 8.98. The van der Waals surface area contributed by atoms with Gasteiger partial charge in [0, 0.05) is 11.6 Å². The van der Waals surface area contributed by atoms with Crippen LogP contribution in [-0.4, -0.2) is 18.2 Å². The molecule has 3 nitrogen and oxygen atoms in total. The van der Waals surface area contributed by atoms with Crippen LogP contribution in [-0.2, 0) is 15.6 Å². The van der Waals surface area contributed by atoms with E-state index in [4.69, 9.17) is 9.84 Å². The minimum Gasteiger partial charge on any atom is -0.496 e. The summed E-state index contributed by atoms with van der Waals surface area (Å²) in [6.07, 6.45) is 12.0. The lowest BCUT2D eigenvalue weighted by atomic mass is 9.62. The Morgan fingerprint density at radius 1 is 1.03 bits per heavy atom. The SMILES string of the molecule is COc1cc2c(cc1C1=C(/C=C/C(C)=C/C(=O)O)CCCC1)C(C)(C)CCC2(C)C. The Morgan fingerprint density at radius 3 is 2.23 bits per heavy atom. The van der Waals surface area contributed by atoms with Gasteiger partial charge in [-0.3, -0.25) is 0 Å². The highest BCUT2D eigenvalue weighted by Gasteiger charge is 2.38. The summed E-state index contributed by atoms with van der Waals surface area (Å²) in [6, 6.07) is 4.67. The molecule has 0 saturated carbocycles. The van der Waals surface area contributed by atoms with Gasteiger partial charge in [0.25, 0.3) is 0 Å². The number of carboxylic acids is 1. The molecule has 0 amide bonds. The van der Waals surface area contributed by atoms with Crippen molar-refractivity contribution in [2.24, 2.45) is 0 Å². The van der Waals surface area contributed by atoms with Crippen LogP contribution < -0.4 is 4.74 Å². The summed E-state index contributed by atoms with van der Waals surface area (Å²) in [5.41, 5.74) is 7.76. The van der Waals surface area contributed by atoms with Gasteiger partial charge >= 0.3 is 5.97 Å². The molecule has 0 aromatic heterocycles. The first-order valence-electron chi connectivity index (χ1n) is 11.1. The van der Waals surface area contributed by atoms with Crippen molar-refractivity contribution >= 4 is 11.5 Å². The molecule has 0 spiro atoms. The van der Waals surface area contributed by atoms with E-state index >= 15 is 0 Å². The number of hydrogen-bond acceptors (Lipinski definition) is 2. The molecule has 0 atom stereocenters. The molecule has 2 aliphatic carbocycles. The zero-order valence-electron chi connectivity index (χ0n) is 19.4. The molecule has 0 unspecified atom stereocenters. The third-order valence-electron chi connectivity index (χ3n) is 6.91. The Kier molecular flexibility index (Phi) is 6.31. The fraction of sp³-hybridized carbons (Fsp3) is 0.519. The second-order valence-corrected chi connectivity index (χ2v) is 10.1. The lowest BCUT2D eigenvalue weighted by molar-refractivity contribution is -0.131. The summed E-state index contributed by atoms with van der Waals surface area (Å²) in [5.74, 6) is 0.0522. The quantitative estimate of drug-likeness (QED) is 0.423. The standard InChI is InChI=1S/C27H36O3/c1-18(15-25(28)29)11-12-19-9-7-8-10-20(19)21-16-22-23(17-24(21)30-6)27(4,5)14-13-26(22,2)3/h11-12,15-17H,7-10,13-14H2,1-6H3,(H,28,29)/b12-11+,18-15+. The predicted molar refractivity (Wildman–Crippen MR) is 124 cm³/mol. The summed E-state index contributed by atoms with van der Waals surface area (Å²) >= 11 is 0. The van der Waals surface area contributed by atoms with Crippen molar-refractivity contribution in [3.63, 3.8) is 0 Å². The van der Waals surface area contributed by atoms with Gasteiger partial charge in [-0.15, -0.1) is 0 Å². The zero-order chi connectivity index (χ0) is 22.1. The lowest BCUT2D eigenvalue weighted by Crippen LogP contribution is -2.34. The number of carboxylic acid groups (broad SMARTS) is 1. The molecule has 3 rings (SSSR count). The summed E-state index contributed by atoms with van der Waals surface area (Å²) < 4.78 is 5.91. The zero-order valence-corrected chi connectivity index (χ0v) is 19.4. The Hall–Kier alpha value is -2.29. The predicted octanol–water partition coefficient (Wildman–Crippen LogP) is 6.96. The van der Waals surface area contributed by atoms with Crippen LogP contribution in [0, 0.1) is 0 Å². The van der Waals surface area contributed by atoms with E-state index in [9.17, 15) is 4.79 Å². The normalized spacial score (nSPS) is 20.9. The van der Waals surface area contributed by atoms with Gasteiger partial charge in [-0.05, 0) is 96.3 Å². The third-order valence-corrected chi connectivity index (χ3v) is 6.91. The van der Waals surface area contributed by atoms with Crippen LogP contribution >= 0.6 is 0 Å². The van der Waals surface area contributed by atoms with E-state index in [2.05, 4.69) is 45.9 Å². The monoisotopic (exact) mass is 408 g/mol. The molecule has 1 aromatic carbocycles. The van der Waals surface area contributed by atoms with Crippen molar-refractivity contribution in [1.82, 2.24) is 0 Å². The van der Waals surface area contributed by atoms with E-state index in [0.717, 1.165) is 30.6 Å². The van der Waals surface area contributed by atoms with Gasteiger partial charge in [0.1, 0.15) is 5.75 Å². The van der Waals surface area contributed by atoms with E-state index < -0.39 is 5.97 Å². The Bertz CT molecular complexity index is 926. The molecular formula is C27H36O3. The smallest absolute Gasteiger partial charge is 0.328 e. The summed E-state index contributed by atoms with van der Waals surface area (Å²) in [4.78, 5) is 10.9. The maximum atomic E-state index is 10.9. The minimum absolute atomic E-state index is 0.151. The number of methoxy groups -OCH3 is 1. The van der Waals surface area contributed by atoms with Crippen LogP contribution in [0.15, 0.2) is 41.5 Å². The number of aliphatic carboxylic acids is 1. The number of rotatable bonds is 5. The first-order valence-corrected chi connectivity index (χ1v) is 11.1. The highest BCUT2D eigenvalue weighted by atomic mass is 16.5. The van der Waals surface area contributed by atoms with E-state index in [1.807, 2.05) is 13.0 Å². The van der Waals surface area contributed by atoms with Crippen molar-refractivity contribution in [2.45, 2.75) is 84.0 Å². The average molecular weight is 409 g/mol. The van der Waals surface area contributed by atoms with Gasteiger partial charge in [0.15, 0.2) is 0 Å². The number of hydrogen-bond donors (Lipinski definition) is 1.